The third-order valence-corrected chi connectivity index (χ3v) is 9.75. The molecule has 0 saturated heterocycles. The molecule has 0 fully saturated rings. The Morgan fingerprint density at radius 2 is 0.939 bits per heavy atom. The highest BCUT2D eigenvalue weighted by Gasteiger charge is 2.16. The Kier molecular flexibility index (Phi) is 6.08. The van der Waals surface area contributed by atoms with E-state index in [0.717, 1.165) is 59.1 Å². The van der Waals surface area contributed by atoms with Crippen molar-refractivity contribution < 1.29 is 6.85 Å². The van der Waals surface area contributed by atoms with Gasteiger partial charge in [-0.05, 0) is 51.6 Å². The number of hydrogen-bond acceptors (Lipinski definition) is 4. The number of aromatic nitrogens is 3. The Morgan fingerprint density at radius 1 is 0.388 bits per heavy atom. The SMILES string of the molecule is [2H]c1c([2H])c([2H])c(-c2cccc(-c3cccc4sc5cc(-c6nc(-c7ccccc7)nc(-c7ccc(-c8ccccc8)cc7)n6)ccc5c34)c2)c([2H])c1[2H]. The first kappa shape index (κ1) is 24.0. The highest BCUT2D eigenvalue weighted by molar-refractivity contribution is 7.26. The molecule has 49 heavy (non-hydrogen) atoms. The van der Waals surface area contributed by atoms with E-state index in [1.165, 1.54) is 0 Å². The van der Waals surface area contributed by atoms with Crippen molar-refractivity contribution in [3.63, 3.8) is 0 Å². The van der Waals surface area contributed by atoms with Crippen molar-refractivity contribution in [3.05, 3.63) is 176 Å². The molecular weight excluding hydrogens is 615 g/mol. The van der Waals surface area contributed by atoms with Gasteiger partial charge in [0.15, 0.2) is 17.5 Å². The maximum Gasteiger partial charge on any atom is 0.164 e. The maximum absolute atomic E-state index is 8.53. The van der Waals surface area contributed by atoms with Crippen LogP contribution in [0.2, 0.25) is 0 Å². The van der Waals surface area contributed by atoms with Crippen molar-refractivity contribution >= 4 is 31.5 Å². The Bertz CT molecular complexity index is 2850. The maximum atomic E-state index is 8.53. The van der Waals surface area contributed by atoms with Gasteiger partial charge >= 0.3 is 0 Å². The molecule has 9 aromatic rings. The minimum absolute atomic E-state index is 0.188. The van der Waals surface area contributed by atoms with Crippen LogP contribution in [0.4, 0.5) is 0 Å². The topological polar surface area (TPSA) is 38.7 Å². The van der Waals surface area contributed by atoms with Crippen LogP contribution in [0, 0.1) is 0 Å². The van der Waals surface area contributed by atoms with Gasteiger partial charge in [0, 0.05) is 36.9 Å². The lowest BCUT2D eigenvalue weighted by Crippen LogP contribution is -2.00. The van der Waals surface area contributed by atoms with E-state index in [9.17, 15) is 0 Å². The van der Waals surface area contributed by atoms with Crippen molar-refractivity contribution in [2.45, 2.75) is 0 Å². The van der Waals surface area contributed by atoms with Crippen LogP contribution in [0.3, 0.4) is 0 Å². The summed E-state index contributed by atoms with van der Waals surface area (Å²) >= 11 is 1.69. The van der Waals surface area contributed by atoms with Crippen molar-refractivity contribution in [3.8, 4) is 67.5 Å². The van der Waals surface area contributed by atoms with Gasteiger partial charge in [-0.15, -0.1) is 11.3 Å². The summed E-state index contributed by atoms with van der Waals surface area (Å²) in [6.07, 6.45) is 0. The Morgan fingerprint density at radius 3 is 1.67 bits per heavy atom. The van der Waals surface area contributed by atoms with E-state index in [0.29, 0.717) is 23.0 Å². The molecule has 0 atom stereocenters. The van der Waals surface area contributed by atoms with E-state index in [1.54, 1.807) is 17.4 Å². The van der Waals surface area contributed by atoms with Crippen LogP contribution in [-0.2, 0) is 0 Å². The summed E-state index contributed by atoms with van der Waals surface area (Å²) in [7, 11) is 0. The van der Waals surface area contributed by atoms with Gasteiger partial charge in [0.05, 0.1) is 6.85 Å². The van der Waals surface area contributed by atoms with Crippen LogP contribution in [0.25, 0.3) is 87.7 Å². The highest BCUT2D eigenvalue weighted by atomic mass is 32.1. The summed E-state index contributed by atoms with van der Waals surface area (Å²) in [4.78, 5) is 14.9. The number of fused-ring (bicyclic) bond motifs is 3. The number of thiophene rings is 1. The molecule has 0 amide bonds. The zero-order chi connectivity index (χ0) is 36.9. The normalized spacial score (nSPS) is 12.7. The molecule has 2 heterocycles. The minimum atomic E-state index is -0.402. The van der Waals surface area contributed by atoms with Crippen molar-refractivity contribution in [1.82, 2.24) is 15.0 Å². The molecule has 4 heteroatoms. The molecule has 0 bridgehead atoms. The average molecular weight is 649 g/mol. The van der Waals surface area contributed by atoms with Crippen LogP contribution < -0.4 is 0 Å². The number of rotatable bonds is 6. The molecule has 0 aliphatic carbocycles. The molecule has 9 rings (SSSR count). The summed E-state index contributed by atoms with van der Waals surface area (Å²) in [6, 6.07) is 47.1. The lowest BCUT2D eigenvalue weighted by atomic mass is 9.96. The predicted octanol–water partition coefficient (Wildman–Crippen LogP) is 12.2. The zero-order valence-corrected chi connectivity index (χ0v) is 26.9. The van der Waals surface area contributed by atoms with E-state index in [4.69, 9.17) is 21.8 Å². The van der Waals surface area contributed by atoms with E-state index in [1.807, 2.05) is 72.8 Å². The summed E-state index contributed by atoms with van der Waals surface area (Å²) < 4.78 is 43.6. The third-order valence-electron chi connectivity index (χ3n) is 8.64. The molecular formula is C45H29N3S. The fourth-order valence-corrected chi connectivity index (χ4v) is 7.41. The first-order valence-electron chi connectivity index (χ1n) is 18.4. The zero-order valence-electron chi connectivity index (χ0n) is 31.1. The van der Waals surface area contributed by atoms with E-state index >= 15 is 0 Å². The fourth-order valence-electron chi connectivity index (χ4n) is 6.23. The summed E-state index contributed by atoms with van der Waals surface area (Å²) in [5, 5.41) is 2.17. The second-order valence-electron chi connectivity index (χ2n) is 11.7. The number of hydrogen-bond donors (Lipinski definition) is 0. The van der Waals surface area contributed by atoms with Crippen molar-refractivity contribution in [1.29, 1.82) is 0 Å². The highest BCUT2D eigenvalue weighted by Crippen LogP contribution is 2.42. The Balaban J connectivity index is 1.14. The van der Waals surface area contributed by atoms with Crippen LogP contribution in [0.15, 0.2) is 176 Å². The molecule has 0 aliphatic rings. The number of benzene rings is 7. The standard InChI is InChI=1S/C45H29N3S/c1-4-12-30(13-5-1)32-22-24-34(25-23-32)44-46-43(33-16-8-3-9-17-33)47-45(48-44)37-26-27-39-41(29-37)49-40-21-11-20-38(42(39)40)36-19-10-18-35(28-36)31-14-6-2-7-15-31/h1-29H/i2D,6D,7D,14D,15D. The molecule has 230 valence electrons. The molecule has 0 aliphatic heterocycles. The van der Waals surface area contributed by atoms with E-state index in [-0.39, 0.29) is 29.7 Å². The number of nitrogens with zero attached hydrogens (tertiary/aromatic N) is 3. The van der Waals surface area contributed by atoms with Gasteiger partial charge in [-0.25, -0.2) is 15.0 Å². The van der Waals surface area contributed by atoms with E-state index < -0.39 is 6.04 Å². The molecule has 2 aromatic heterocycles. The van der Waals surface area contributed by atoms with Gasteiger partial charge in [0.2, 0.25) is 0 Å². The Labute approximate surface area is 295 Å². The monoisotopic (exact) mass is 648 g/mol. The van der Waals surface area contributed by atoms with Crippen LogP contribution >= 0.6 is 11.3 Å². The predicted molar refractivity (Wildman–Crippen MR) is 205 cm³/mol. The third kappa shape index (κ3) is 5.58. The van der Waals surface area contributed by atoms with Gasteiger partial charge in [0.25, 0.3) is 0 Å². The Hall–Kier alpha value is -6.23. The van der Waals surface area contributed by atoms with Gasteiger partial charge < -0.3 is 0 Å². The largest absolute Gasteiger partial charge is 0.208 e. The molecule has 0 spiro atoms. The molecule has 0 saturated carbocycles. The molecule has 7 aromatic carbocycles. The van der Waals surface area contributed by atoms with Crippen LogP contribution in [0.1, 0.15) is 6.85 Å². The van der Waals surface area contributed by atoms with Crippen LogP contribution in [0.5, 0.6) is 0 Å². The first-order valence-corrected chi connectivity index (χ1v) is 16.8. The average Bonchev–Trinajstić information content (AvgIpc) is 3.61. The van der Waals surface area contributed by atoms with E-state index in [2.05, 4.69) is 66.7 Å². The second-order valence-corrected chi connectivity index (χ2v) is 12.8. The second kappa shape index (κ2) is 12.4. The van der Waals surface area contributed by atoms with Crippen molar-refractivity contribution in [2.75, 3.05) is 0 Å². The van der Waals surface area contributed by atoms with Gasteiger partial charge in [-0.2, -0.15) is 0 Å². The van der Waals surface area contributed by atoms with Crippen molar-refractivity contribution in [2.24, 2.45) is 0 Å². The molecule has 0 radical (unpaired) electrons. The van der Waals surface area contributed by atoms with Crippen LogP contribution in [-0.4, -0.2) is 15.0 Å². The van der Waals surface area contributed by atoms with Gasteiger partial charge in [-0.1, -0.05) is 158 Å². The van der Waals surface area contributed by atoms with Gasteiger partial charge in [0.1, 0.15) is 0 Å². The lowest BCUT2D eigenvalue weighted by Gasteiger charge is -2.10. The quantitative estimate of drug-likeness (QED) is 0.180. The summed E-state index contributed by atoms with van der Waals surface area (Å²) in [5.41, 5.74) is 7.58. The minimum Gasteiger partial charge on any atom is -0.208 e. The molecule has 3 nitrogen and oxygen atoms in total. The first-order chi connectivity index (χ1) is 26.3. The lowest BCUT2D eigenvalue weighted by molar-refractivity contribution is 1.07. The smallest absolute Gasteiger partial charge is 0.164 e. The molecule has 0 unspecified atom stereocenters. The summed E-state index contributed by atoms with van der Waals surface area (Å²) in [6.45, 7) is 0. The summed E-state index contributed by atoms with van der Waals surface area (Å²) in [5.74, 6) is 1.77. The molecule has 0 N–H and O–H groups in total. The van der Waals surface area contributed by atoms with Gasteiger partial charge in [-0.3, -0.25) is 0 Å². The fraction of sp³-hybridized carbons (Fsp3) is 0.